The van der Waals surface area contributed by atoms with Gasteiger partial charge in [0.1, 0.15) is 0 Å². The van der Waals surface area contributed by atoms with Crippen LogP contribution in [-0.4, -0.2) is 24.0 Å². The third-order valence-corrected chi connectivity index (χ3v) is 3.34. The molecule has 1 atom stereocenters. The maximum absolute atomic E-state index is 3.53. The zero-order valence-corrected chi connectivity index (χ0v) is 11.0. The highest BCUT2D eigenvalue weighted by Crippen LogP contribution is 2.22. The number of para-hydroxylation sites is 1. The van der Waals surface area contributed by atoms with Crippen LogP contribution in [0.4, 0.5) is 5.69 Å². The van der Waals surface area contributed by atoms with E-state index in [0.29, 0.717) is 6.04 Å². The summed E-state index contributed by atoms with van der Waals surface area (Å²) in [5.74, 6) is 0. The predicted octanol–water partition coefficient (Wildman–Crippen LogP) is 3.27. The number of nitrogens with one attached hydrogen (secondary N) is 1. The van der Waals surface area contributed by atoms with Crippen LogP contribution in [0.5, 0.6) is 0 Å². The van der Waals surface area contributed by atoms with Crippen LogP contribution in [0.2, 0.25) is 0 Å². The molecular weight excluding hydrogens is 208 g/mol. The Labute approximate surface area is 104 Å². The first-order valence-corrected chi connectivity index (χ1v) is 6.36. The summed E-state index contributed by atoms with van der Waals surface area (Å²) in [4.78, 5) is 2.52. The lowest BCUT2D eigenvalue weighted by Gasteiger charge is -2.25. The van der Waals surface area contributed by atoms with E-state index in [9.17, 15) is 0 Å². The van der Waals surface area contributed by atoms with Crippen LogP contribution >= 0.6 is 0 Å². The Balaban J connectivity index is 2.15. The fraction of sp³-hybridized carbons (Fsp3) is 0.467. The van der Waals surface area contributed by atoms with Crippen LogP contribution in [0.3, 0.4) is 0 Å². The highest BCUT2D eigenvalue weighted by molar-refractivity contribution is 5.51. The van der Waals surface area contributed by atoms with Gasteiger partial charge in [0.25, 0.3) is 0 Å². The highest BCUT2D eigenvalue weighted by atomic mass is 15.2. The molecule has 0 radical (unpaired) electrons. The van der Waals surface area contributed by atoms with Crippen LogP contribution < -0.4 is 5.32 Å². The Hall–Kier alpha value is -1.28. The van der Waals surface area contributed by atoms with Gasteiger partial charge in [-0.2, -0.15) is 0 Å². The normalized spacial score (nSPS) is 20.1. The molecule has 1 aliphatic heterocycles. The summed E-state index contributed by atoms with van der Waals surface area (Å²) in [7, 11) is 0. The first-order valence-electron chi connectivity index (χ1n) is 6.36. The van der Waals surface area contributed by atoms with Crippen molar-refractivity contribution in [2.24, 2.45) is 0 Å². The van der Waals surface area contributed by atoms with Crippen molar-refractivity contribution >= 4 is 5.69 Å². The lowest BCUT2D eigenvalue weighted by molar-refractivity contribution is 0.236. The summed E-state index contributed by atoms with van der Waals surface area (Å²) in [6.45, 7) is 9.71. The van der Waals surface area contributed by atoms with E-state index in [2.05, 4.69) is 61.3 Å². The minimum Gasteiger partial charge on any atom is -0.383 e. The Bertz CT molecular complexity index is 405. The zero-order valence-electron chi connectivity index (χ0n) is 11.0. The van der Waals surface area contributed by atoms with Gasteiger partial charge in [0.2, 0.25) is 0 Å². The summed E-state index contributed by atoms with van der Waals surface area (Å²) in [5, 5.41) is 3.53. The summed E-state index contributed by atoms with van der Waals surface area (Å²) >= 11 is 0. The number of hydrogen-bond acceptors (Lipinski definition) is 2. The Morgan fingerprint density at radius 2 is 2.18 bits per heavy atom. The molecule has 2 heteroatoms. The van der Waals surface area contributed by atoms with E-state index in [0.717, 1.165) is 19.6 Å². The van der Waals surface area contributed by atoms with E-state index in [1.807, 2.05) is 0 Å². The molecular formula is C15H22N2. The average molecular weight is 230 g/mol. The SMILES string of the molecule is CC(C)=CCN1Cc2ccccc2NC[C@@H]1C. The van der Waals surface area contributed by atoms with Gasteiger partial charge in [-0.1, -0.05) is 29.8 Å². The van der Waals surface area contributed by atoms with Gasteiger partial charge >= 0.3 is 0 Å². The summed E-state index contributed by atoms with van der Waals surface area (Å²) in [6, 6.07) is 9.18. The minimum absolute atomic E-state index is 0.568. The molecule has 0 aliphatic carbocycles. The number of hydrogen-bond donors (Lipinski definition) is 1. The van der Waals surface area contributed by atoms with Crippen LogP contribution in [0, 0.1) is 0 Å². The lowest BCUT2D eigenvalue weighted by Crippen LogP contribution is -2.35. The van der Waals surface area contributed by atoms with Crippen molar-refractivity contribution in [1.82, 2.24) is 4.90 Å². The maximum Gasteiger partial charge on any atom is 0.0386 e. The number of nitrogens with zero attached hydrogens (tertiary/aromatic N) is 1. The van der Waals surface area contributed by atoms with Crippen LogP contribution in [0.15, 0.2) is 35.9 Å². The monoisotopic (exact) mass is 230 g/mol. The molecule has 1 aromatic rings. The molecule has 1 N–H and O–H groups in total. The van der Waals surface area contributed by atoms with Gasteiger partial charge in [-0.05, 0) is 32.4 Å². The number of allylic oxidation sites excluding steroid dienone is 1. The van der Waals surface area contributed by atoms with Crippen molar-refractivity contribution < 1.29 is 0 Å². The molecule has 0 bridgehead atoms. The number of benzene rings is 1. The van der Waals surface area contributed by atoms with Gasteiger partial charge in [0, 0.05) is 31.4 Å². The van der Waals surface area contributed by atoms with Gasteiger partial charge in [0.15, 0.2) is 0 Å². The molecule has 92 valence electrons. The zero-order chi connectivity index (χ0) is 12.3. The molecule has 0 saturated heterocycles. The molecule has 1 heterocycles. The molecule has 0 unspecified atom stereocenters. The summed E-state index contributed by atoms with van der Waals surface area (Å²) < 4.78 is 0. The van der Waals surface area contributed by atoms with Crippen molar-refractivity contribution in [2.45, 2.75) is 33.4 Å². The second kappa shape index (κ2) is 5.37. The van der Waals surface area contributed by atoms with Crippen molar-refractivity contribution in [2.75, 3.05) is 18.4 Å². The molecule has 0 spiro atoms. The fourth-order valence-electron chi connectivity index (χ4n) is 2.14. The second-order valence-corrected chi connectivity index (χ2v) is 5.10. The lowest BCUT2D eigenvalue weighted by atomic mass is 10.1. The Morgan fingerprint density at radius 1 is 1.41 bits per heavy atom. The van der Waals surface area contributed by atoms with E-state index in [1.165, 1.54) is 16.8 Å². The van der Waals surface area contributed by atoms with Crippen molar-refractivity contribution in [1.29, 1.82) is 0 Å². The van der Waals surface area contributed by atoms with Crippen LogP contribution in [0.1, 0.15) is 26.3 Å². The van der Waals surface area contributed by atoms with Crippen LogP contribution in [0.25, 0.3) is 0 Å². The van der Waals surface area contributed by atoms with Crippen molar-refractivity contribution in [3.63, 3.8) is 0 Å². The third kappa shape index (κ3) is 3.10. The molecule has 0 saturated carbocycles. The van der Waals surface area contributed by atoms with E-state index >= 15 is 0 Å². The molecule has 1 aliphatic rings. The Kier molecular flexibility index (Phi) is 3.85. The third-order valence-electron chi connectivity index (χ3n) is 3.34. The van der Waals surface area contributed by atoms with E-state index < -0.39 is 0 Å². The maximum atomic E-state index is 3.53. The second-order valence-electron chi connectivity index (χ2n) is 5.10. The van der Waals surface area contributed by atoms with E-state index in [1.54, 1.807) is 0 Å². The molecule has 2 nitrogen and oxygen atoms in total. The first-order chi connectivity index (χ1) is 8.16. The standard InChI is InChI=1S/C15H22N2/c1-12(2)8-9-17-11-14-6-4-5-7-15(14)16-10-13(17)3/h4-8,13,16H,9-11H2,1-3H3/t13-/m0/s1. The quantitative estimate of drug-likeness (QED) is 0.784. The molecule has 17 heavy (non-hydrogen) atoms. The van der Waals surface area contributed by atoms with E-state index in [-0.39, 0.29) is 0 Å². The van der Waals surface area contributed by atoms with Crippen molar-refractivity contribution in [3.8, 4) is 0 Å². The average Bonchev–Trinajstić information content (AvgIpc) is 2.47. The van der Waals surface area contributed by atoms with Gasteiger partial charge in [-0.3, -0.25) is 4.90 Å². The summed E-state index contributed by atoms with van der Waals surface area (Å²) in [6.07, 6.45) is 2.31. The minimum atomic E-state index is 0.568. The Morgan fingerprint density at radius 3 is 2.94 bits per heavy atom. The van der Waals surface area contributed by atoms with Gasteiger partial charge in [0.05, 0.1) is 0 Å². The molecule has 0 aromatic heterocycles. The smallest absolute Gasteiger partial charge is 0.0386 e. The number of rotatable bonds is 2. The largest absolute Gasteiger partial charge is 0.383 e. The van der Waals surface area contributed by atoms with Crippen molar-refractivity contribution in [3.05, 3.63) is 41.5 Å². The topological polar surface area (TPSA) is 15.3 Å². The number of fused-ring (bicyclic) bond motifs is 1. The van der Waals surface area contributed by atoms with Crippen LogP contribution in [-0.2, 0) is 6.54 Å². The number of anilines is 1. The predicted molar refractivity (Wildman–Crippen MR) is 74.2 cm³/mol. The van der Waals surface area contributed by atoms with Gasteiger partial charge in [-0.15, -0.1) is 0 Å². The first kappa shape index (κ1) is 12.2. The molecule has 1 aromatic carbocycles. The fourth-order valence-corrected chi connectivity index (χ4v) is 2.14. The molecule has 0 amide bonds. The van der Waals surface area contributed by atoms with E-state index in [4.69, 9.17) is 0 Å². The highest BCUT2D eigenvalue weighted by Gasteiger charge is 2.18. The molecule has 0 fully saturated rings. The molecule has 2 rings (SSSR count). The summed E-state index contributed by atoms with van der Waals surface area (Å²) in [5.41, 5.74) is 4.08. The van der Waals surface area contributed by atoms with Gasteiger partial charge in [-0.25, -0.2) is 0 Å². The van der Waals surface area contributed by atoms with Gasteiger partial charge < -0.3 is 5.32 Å².